The highest BCUT2D eigenvalue weighted by Crippen LogP contribution is 2.51. The molecule has 2 aliphatic heterocycles. The van der Waals surface area contributed by atoms with Crippen molar-refractivity contribution in [3.8, 4) is 0 Å². The predicted octanol–water partition coefficient (Wildman–Crippen LogP) is 8.76. The van der Waals surface area contributed by atoms with Gasteiger partial charge in [-0.25, -0.2) is 0 Å². The lowest BCUT2D eigenvalue weighted by Crippen LogP contribution is -2.40. The van der Waals surface area contributed by atoms with Gasteiger partial charge in [0.1, 0.15) is 0 Å². The second-order valence-electron chi connectivity index (χ2n) is 14.8. The van der Waals surface area contributed by atoms with Crippen LogP contribution in [0, 0.1) is 0 Å². The molecule has 0 saturated heterocycles. The van der Waals surface area contributed by atoms with Gasteiger partial charge in [-0.1, -0.05) is 125 Å². The fourth-order valence-corrected chi connectivity index (χ4v) is 9.29. The van der Waals surface area contributed by atoms with E-state index in [1.54, 1.807) is 0 Å². The Morgan fingerprint density at radius 2 is 1.19 bits per heavy atom. The minimum Gasteiger partial charge on any atom is -0.364 e. The first kappa shape index (κ1) is 37.5. The predicted molar refractivity (Wildman–Crippen MR) is 215 cm³/mol. The topological polar surface area (TPSA) is 115 Å². The number of anilines is 2. The van der Waals surface area contributed by atoms with E-state index < -0.39 is 20.2 Å². The van der Waals surface area contributed by atoms with Crippen molar-refractivity contribution in [2.75, 3.05) is 34.4 Å². The molecule has 6 rings (SSSR count). The molecular formula is C42H48N2O6S2. The number of benzene rings is 4. The zero-order chi connectivity index (χ0) is 37.3. The molecule has 1 unspecified atom stereocenters. The monoisotopic (exact) mass is 740 g/mol. The average molecular weight is 741 g/mol. The molecule has 10 heteroatoms. The van der Waals surface area contributed by atoms with Gasteiger partial charge in [0, 0.05) is 41.0 Å². The number of allylic oxidation sites excluding steroid dienone is 7. The Morgan fingerprint density at radius 1 is 0.635 bits per heavy atom. The van der Waals surface area contributed by atoms with Crippen LogP contribution in [0.2, 0.25) is 0 Å². The fourth-order valence-electron chi connectivity index (χ4n) is 8.22. The highest BCUT2D eigenvalue weighted by molar-refractivity contribution is 7.86. The maximum absolute atomic E-state index is 11.5. The molecule has 0 bridgehead atoms. The summed E-state index contributed by atoms with van der Waals surface area (Å²) in [5.41, 5.74) is 5.22. The summed E-state index contributed by atoms with van der Waals surface area (Å²) in [4.78, 5) is 4.53. The highest BCUT2D eigenvalue weighted by Gasteiger charge is 2.44. The molecule has 4 aromatic carbocycles. The van der Waals surface area contributed by atoms with Crippen molar-refractivity contribution in [3.05, 3.63) is 132 Å². The van der Waals surface area contributed by atoms with E-state index in [0.717, 1.165) is 22.5 Å². The van der Waals surface area contributed by atoms with Crippen LogP contribution in [0.5, 0.6) is 0 Å². The molecular weight excluding hydrogens is 693 g/mol. The van der Waals surface area contributed by atoms with Crippen LogP contribution in [0.25, 0.3) is 21.5 Å². The van der Waals surface area contributed by atoms with Crippen LogP contribution in [0.3, 0.4) is 0 Å². The highest BCUT2D eigenvalue weighted by atomic mass is 32.2. The van der Waals surface area contributed by atoms with Crippen molar-refractivity contribution in [2.24, 2.45) is 0 Å². The van der Waals surface area contributed by atoms with Gasteiger partial charge in [0.05, 0.1) is 17.5 Å². The van der Waals surface area contributed by atoms with Crippen molar-refractivity contribution in [2.45, 2.75) is 63.8 Å². The zero-order valence-corrected chi connectivity index (χ0v) is 31.9. The van der Waals surface area contributed by atoms with Crippen LogP contribution in [-0.2, 0) is 31.1 Å². The van der Waals surface area contributed by atoms with Crippen LogP contribution >= 0.6 is 0 Å². The SMILES string of the molecule is CC1(C)\C(=C/C=C/C=C/C=C/C2N(CCCS(=O)(=O)O)c3ccc4ccccc4c3C2(C)C)N(CCCCS(=O)(=O)O)c2ccc3ccccc3c21. The molecule has 4 aromatic rings. The van der Waals surface area contributed by atoms with Crippen LogP contribution < -0.4 is 9.80 Å². The Hall–Kier alpha value is -4.22. The largest absolute Gasteiger partial charge is 0.364 e. The summed E-state index contributed by atoms with van der Waals surface area (Å²) in [6.07, 6.45) is 15.6. The van der Waals surface area contributed by atoms with Crippen LogP contribution in [0.1, 0.15) is 58.1 Å². The number of fused-ring (bicyclic) bond motifs is 6. The van der Waals surface area contributed by atoms with Crippen LogP contribution in [-0.4, -0.2) is 56.6 Å². The molecule has 2 N–H and O–H groups in total. The molecule has 274 valence electrons. The Morgan fingerprint density at radius 3 is 1.85 bits per heavy atom. The van der Waals surface area contributed by atoms with E-state index in [4.69, 9.17) is 0 Å². The zero-order valence-electron chi connectivity index (χ0n) is 30.2. The standard InChI is InChI=1S/C42H48N2O6S2/c1-41(2)37(43(27-14-15-29-51(45,46)47)35-25-23-31-17-10-12-19-33(31)39(35)41)21-8-6-5-7-9-22-38-42(3,4)40-34-20-13-11-18-32(34)24-26-36(40)44(38)28-16-30-52(48,49)50/h5-13,17-26,38H,14-16,27-30H2,1-4H3,(H,45,46,47)(H,48,49,50)/b7-5+,8-6+,22-9+,37-21+. The maximum atomic E-state index is 11.5. The van der Waals surface area contributed by atoms with E-state index in [1.165, 1.54) is 27.3 Å². The van der Waals surface area contributed by atoms with Gasteiger partial charge >= 0.3 is 0 Å². The third-order valence-electron chi connectivity index (χ3n) is 10.5. The van der Waals surface area contributed by atoms with Crippen LogP contribution in [0.4, 0.5) is 11.4 Å². The van der Waals surface area contributed by atoms with Gasteiger partial charge in [0.15, 0.2) is 0 Å². The van der Waals surface area contributed by atoms with E-state index in [1.807, 2.05) is 48.6 Å². The van der Waals surface area contributed by atoms with Crippen LogP contribution in [0.15, 0.2) is 121 Å². The summed E-state index contributed by atoms with van der Waals surface area (Å²) < 4.78 is 64.5. The minimum absolute atomic E-state index is 0.0348. The number of unbranched alkanes of at least 4 members (excludes halogenated alkanes) is 1. The Balaban J connectivity index is 1.24. The smallest absolute Gasteiger partial charge is 0.264 e. The van der Waals surface area contributed by atoms with E-state index in [9.17, 15) is 25.9 Å². The van der Waals surface area contributed by atoms with Crippen molar-refractivity contribution in [1.29, 1.82) is 0 Å². The summed E-state index contributed by atoms with van der Waals surface area (Å²) in [5, 5.41) is 4.72. The Labute approximate surface area is 308 Å². The molecule has 52 heavy (non-hydrogen) atoms. The van der Waals surface area contributed by atoms with E-state index >= 15 is 0 Å². The lowest BCUT2D eigenvalue weighted by atomic mass is 9.78. The van der Waals surface area contributed by atoms with Gasteiger partial charge in [0.2, 0.25) is 0 Å². The van der Waals surface area contributed by atoms with Gasteiger partial charge in [-0.05, 0) is 70.1 Å². The van der Waals surface area contributed by atoms with Crippen molar-refractivity contribution >= 4 is 53.2 Å². The first-order chi connectivity index (χ1) is 24.6. The van der Waals surface area contributed by atoms with Gasteiger partial charge in [-0.2, -0.15) is 16.8 Å². The maximum Gasteiger partial charge on any atom is 0.264 e. The molecule has 0 amide bonds. The lowest BCUT2D eigenvalue weighted by Gasteiger charge is -2.32. The Bertz CT molecular complexity index is 2320. The normalized spacial score (nSPS) is 19.3. The second-order valence-corrected chi connectivity index (χ2v) is 18.0. The average Bonchev–Trinajstić information content (AvgIpc) is 3.43. The van der Waals surface area contributed by atoms with Gasteiger partial charge < -0.3 is 9.80 Å². The molecule has 2 heterocycles. The van der Waals surface area contributed by atoms with Gasteiger partial charge in [-0.15, -0.1) is 0 Å². The van der Waals surface area contributed by atoms with Crippen molar-refractivity contribution in [3.63, 3.8) is 0 Å². The van der Waals surface area contributed by atoms with E-state index in [-0.39, 0.29) is 28.4 Å². The molecule has 0 aromatic heterocycles. The van der Waals surface area contributed by atoms with Crippen molar-refractivity contribution in [1.82, 2.24) is 0 Å². The Kier molecular flexibility index (Phi) is 10.6. The molecule has 2 aliphatic rings. The fraction of sp³-hybridized carbons (Fsp3) is 0.333. The molecule has 0 saturated carbocycles. The minimum atomic E-state index is -4.06. The molecule has 0 fully saturated rings. The third kappa shape index (κ3) is 7.76. The number of hydrogen-bond acceptors (Lipinski definition) is 6. The molecule has 0 aliphatic carbocycles. The van der Waals surface area contributed by atoms with Crippen molar-refractivity contribution < 1.29 is 25.9 Å². The van der Waals surface area contributed by atoms with E-state index in [0.29, 0.717) is 32.4 Å². The summed E-state index contributed by atoms with van der Waals surface area (Å²) in [6.45, 7) is 10.0. The third-order valence-corrected chi connectivity index (χ3v) is 12.1. The second kappa shape index (κ2) is 14.7. The molecule has 0 spiro atoms. The van der Waals surface area contributed by atoms with E-state index in [2.05, 4.69) is 104 Å². The van der Waals surface area contributed by atoms with Gasteiger partial charge in [0.25, 0.3) is 20.2 Å². The number of hydrogen-bond donors (Lipinski definition) is 2. The number of rotatable bonds is 13. The first-order valence-electron chi connectivity index (χ1n) is 17.8. The lowest BCUT2D eigenvalue weighted by molar-refractivity contribution is 0.468. The summed E-state index contributed by atoms with van der Waals surface area (Å²) in [5.74, 6) is -0.543. The molecule has 0 radical (unpaired) electrons. The first-order valence-corrected chi connectivity index (χ1v) is 21.0. The summed E-state index contributed by atoms with van der Waals surface area (Å²) >= 11 is 0. The number of nitrogens with zero attached hydrogens (tertiary/aromatic N) is 2. The quantitative estimate of drug-likeness (QED) is 0.0795. The summed E-state index contributed by atoms with van der Waals surface area (Å²) in [7, 11) is -8.07. The van der Waals surface area contributed by atoms with Gasteiger partial charge in [-0.3, -0.25) is 9.11 Å². The molecule has 8 nitrogen and oxygen atoms in total. The summed E-state index contributed by atoms with van der Waals surface area (Å²) in [6, 6.07) is 25.2. The molecule has 1 atom stereocenters.